The van der Waals surface area contributed by atoms with Crippen molar-refractivity contribution in [3.8, 4) is 5.75 Å². The number of anilines is 1. The van der Waals surface area contributed by atoms with Crippen molar-refractivity contribution in [1.82, 2.24) is 9.55 Å². The molecule has 0 saturated carbocycles. The molecule has 2 heterocycles. The van der Waals surface area contributed by atoms with E-state index in [0.717, 1.165) is 68.5 Å². The molecule has 0 bridgehead atoms. The fourth-order valence-electron chi connectivity index (χ4n) is 5.37. The summed E-state index contributed by atoms with van der Waals surface area (Å²) in [5.41, 5.74) is 7.40. The third-order valence-corrected chi connectivity index (χ3v) is 7.68. The highest BCUT2D eigenvalue weighted by atomic mass is 35.5. The molecular weight excluding hydrogens is 470 g/mol. The number of rotatable bonds is 7. The maximum atomic E-state index is 13.1. The van der Waals surface area contributed by atoms with E-state index in [0.29, 0.717) is 19.6 Å². The van der Waals surface area contributed by atoms with Crippen LogP contribution in [0.15, 0.2) is 54.6 Å². The van der Waals surface area contributed by atoms with Gasteiger partial charge in [-0.05, 0) is 80.6 Å². The monoisotopic (exact) mass is 501 g/mol. The SMILES string of the molecule is Cc1cc(OCCCn2c(C3CC(=O)N(c4c(C)cccc4C)C3)nc3ccccc32)cc(C)c1Cl. The second-order valence-electron chi connectivity index (χ2n) is 9.83. The van der Waals surface area contributed by atoms with Gasteiger partial charge in [0.15, 0.2) is 0 Å². The Bertz CT molecular complexity index is 1400. The third kappa shape index (κ3) is 4.60. The van der Waals surface area contributed by atoms with Crippen LogP contribution in [0.1, 0.15) is 46.8 Å². The van der Waals surface area contributed by atoms with Crippen molar-refractivity contribution >= 4 is 34.2 Å². The van der Waals surface area contributed by atoms with Crippen LogP contribution in [0.4, 0.5) is 5.69 Å². The number of aryl methyl sites for hydroxylation is 5. The Balaban J connectivity index is 1.36. The van der Waals surface area contributed by atoms with Crippen molar-refractivity contribution in [2.75, 3.05) is 18.1 Å². The number of hydrogen-bond donors (Lipinski definition) is 0. The van der Waals surface area contributed by atoms with Crippen LogP contribution in [-0.2, 0) is 11.3 Å². The van der Waals surface area contributed by atoms with E-state index >= 15 is 0 Å². The van der Waals surface area contributed by atoms with Crippen molar-refractivity contribution in [3.05, 3.63) is 87.7 Å². The maximum Gasteiger partial charge on any atom is 0.227 e. The number of fused-ring (bicyclic) bond motifs is 1. The Hall–Kier alpha value is -3.31. The molecule has 5 nitrogen and oxygen atoms in total. The molecule has 1 amide bonds. The van der Waals surface area contributed by atoms with Crippen molar-refractivity contribution in [2.45, 2.75) is 53.0 Å². The molecular formula is C30H32ClN3O2. The molecule has 1 aliphatic rings. The van der Waals surface area contributed by atoms with Crippen LogP contribution in [0, 0.1) is 27.7 Å². The van der Waals surface area contributed by atoms with Gasteiger partial charge in [-0.1, -0.05) is 41.9 Å². The third-order valence-electron chi connectivity index (χ3n) is 7.09. The fourth-order valence-corrected chi connectivity index (χ4v) is 5.48. The van der Waals surface area contributed by atoms with Crippen LogP contribution in [-0.4, -0.2) is 28.6 Å². The minimum absolute atomic E-state index is 0.0476. The van der Waals surface area contributed by atoms with Gasteiger partial charge in [0.2, 0.25) is 5.91 Å². The van der Waals surface area contributed by atoms with Crippen molar-refractivity contribution < 1.29 is 9.53 Å². The first-order chi connectivity index (χ1) is 17.3. The highest BCUT2D eigenvalue weighted by Gasteiger charge is 2.35. The number of ether oxygens (including phenoxy) is 1. The van der Waals surface area contributed by atoms with Crippen molar-refractivity contribution in [2.24, 2.45) is 0 Å². The molecule has 1 aliphatic heterocycles. The molecule has 6 heteroatoms. The van der Waals surface area contributed by atoms with E-state index in [9.17, 15) is 4.79 Å². The van der Waals surface area contributed by atoms with Gasteiger partial charge in [-0.3, -0.25) is 4.79 Å². The van der Waals surface area contributed by atoms with Crippen molar-refractivity contribution in [1.29, 1.82) is 0 Å². The smallest absolute Gasteiger partial charge is 0.227 e. The summed E-state index contributed by atoms with van der Waals surface area (Å²) in [5, 5.41) is 0.790. The number of amides is 1. The summed E-state index contributed by atoms with van der Waals surface area (Å²) < 4.78 is 8.34. The predicted molar refractivity (Wildman–Crippen MR) is 146 cm³/mol. The van der Waals surface area contributed by atoms with E-state index in [2.05, 4.69) is 36.6 Å². The number of aromatic nitrogens is 2. The van der Waals surface area contributed by atoms with Crippen LogP contribution < -0.4 is 9.64 Å². The Morgan fingerprint density at radius 2 is 1.67 bits per heavy atom. The fraction of sp³-hybridized carbons (Fsp3) is 0.333. The first-order valence-electron chi connectivity index (χ1n) is 12.5. The number of carbonyl (C=O) groups is 1. The van der Waals surface area contributed by atoms with E-state index in [1.54, 1.807) is 0 Å². The highest BCUT2D eigenvalue weighted by Crippen LogP contribution is 2.36. The molecule has 1 saturated heterocycles. The molecule has 1 unspecified atom stereocenters. The summed E-state index contributed by atoms with van der Waals surface area (Å²) in [6.45, 7) is 10.1. The molecule has 0 spiro atoms. The summed E-state index contributed by atoms with van der Waals surface area (Å²) in [7, 11) is 0. The van der Waals surface area contributed by atoms with Gasteiger partial charge in [0.25, 0.3) is 0 Å². The molecule has 1 aromatic heterocycles. The quantitative estimate of drug-likeness (QED) is 0.258. The van der Waals surface area contributed by atoms with E-state index in [-0.39, 0.29) is 11.8 Å². The van der Waals surface area contributed by atoms with Gasteiger partial charge in [-0.25, -0.2) is 4.98 Å². The lowest BCUT2D eigenvalue weighted by Crippen LogP contribution is -2.26. The van der Waals surface area contributed by atoms with Crippen LogP contribution in [0.5, 0.6) is 5.75 Å². The first-order valence-corrected chi connectivity index (χ1v) is 12.9. The second kappa shape index (κ2) is 9.98. The zero-order chi connectivity index (χ0) is 25.4. The number of halogens is 1. The lowest BCUT2D eigenvalue weighted by molar-refractivity contribution is -0.117. The summed E-state index contributed by atoms with van der Waals surface area (Å²) >= 11 is 6.30. The maximum absolute atomic E-state index is 13.1. The number of nitrogens with zero attached hydrogens (tertiary/aromatic N) is 3. The molecule has 186 valence electrons. The zero-order valence-corrected chi connectivity index (χ0v) is 22.1. The Labute approximate surface area is 217 Å². The number of hydrogen-bond acceptors (Lipinski definition) is 3. The average molecular weight is 502 g/mol. The van der Waals surface area contributed by atoms with E-state index < -0.39 is 0 Å². The van der Waals surface area contributed by atoms with Crippen LogP contribution >= 0.6 is 11.6 Å². The molecule has 0 radical (unpaired) electrons. The topological polar surface area (TPSA) is 47.4 Å². The van der Waals surface area contributed by atoms with Gasteiger partial charge in [-0.2, -0.15) is 0 Å². The largest absolute Gasteiger partial charge is 0.494 e. The molecule has 1 fully saturated rings. The summed E-state index contributed by atoms with van der Waals surface area (Å²) in [6, 6.07) is 18.4. The minimum atomic E-state index is 0.0476. The number of carbonyl (C=O) groups excluding carboxylic acids is 1. The van der Waals surface area contributed by atoms with Crippen LogP contribution in [0.3, 0.4) is 0 Å². The first kappa shape index (κ1) is 24.4. The lowest BCUT2D eigenvalue weighted by atomic mass is 10.1. The highest BCUT2D eigenvalue weighted by molar-refractivity contribution is 6.32. The Morgan fingerprint density at radius 3 is 2.39 bits per heavy atom. The van der Waals surface area contributed by atoms with E-state index in [4.69, 9.17) is 21.3 Å². The van der Waals surface area contributed by atoms with Gasteiger partial charge < -0.3 is 14.2 Å². The molecule has 5 rings (SSSR count). The molecule has 1 atom stereocenters. The number of para-hydroxylation sites is 3. The van der Waals surface area contributed by atoms with Crippen molar-refractivity contribution in [3.63, 3.8) is 0 Å². The van der Waals surface area contributed by atoms with Gasteiger partial charge in [0.1, 0.15) is 11.6 Å². The average Bonchev–Trinajstić information content (AvgIpc) is 3.40. The van der Waals surface area contributed by atoms with Crippen LogP contribution in [0.2, 0.25) is 5.02 Å². The summed E-state index contributed by atoms with van der Waals surface area (Å²) in [5.74, 6) is 2.03. The standard InChI is InChI=1S/C30H32ClN3O2/c1-19-9-7-10-20(2)29(19)34-18-23(17-27(34)35)30-32-25-11-5-6-12-26(25)33(30)13-8-14-36-24-15-21(3)28(31)22(4)16-24/h5-7,9-12,15-16,23H,8,13-14,17-18H2,1-4H3. The number of benzene rings is 3. The van der Waals surface area contributed by atoms with E-state index in [1.165, 1.54) is 0 Å². The molecule has 0 N–H and O–H groups in total. The van der Waals surface area contributed by atoms with Gasteiger partial charge in [-0.15, -0.1) is 0 Å². The number of imidazole rings is 1. The van der Waals surface area contributed by atoms with Gasteiger partial charge in [0, 0.05) is 36.1 Å². The van der Waals surface area contributed by atoms with Crippen LogP contribution in [0.25, 0.3) is 11.0 Å². The molecule has 36 heavy (non-hydrogen) atoms. The summed E-state index contributed by atoms with van der Waals surface area (Å²) in [4.78, 5) is 20.1. The Morgan fingerprint density at radius 1 is 0.972 bits per heavy atom. The normalized spacial score (nSPS) is 15.8. The molecule has 3 aromatic carbocycles. The zero-order valence-electron chi connectivity index (χ0n) is 21.3. The molecule has 0 aliphatic carbocycles. The second-order valence-corrected chi connectivity index (χ2v) is 10.2. The predicted octanol–water partition coefficient (Wildman–Crippen LogP) is 6.91. The lowest BCUT2D eigenvalue weighted by Gasteiger charge is -2.21. The van der Waals surface area contributed by atoms with Gasteiger partial charge >= 0.3 is 0 Å². The van der Waals surface area contributed by atoms with Gasteiger partial charge in [0.05, 0.1) is 17.6 Å². The Kier molecular flexibility index (Phi) is 6.76. The molecule has 4 aromatic rings. The summed E-state index contributed by atoms with van der Waals surface area (Å²) in [6.07, 6.45) is 1.30. The minimum Gasteiger partial charge on any atom is -0.494 e. The van der Waals surface area contributed by atoms with E-state index in [1.807, 2.05) is 55.1 Å².